The average Bonchev–Trinajstić information content (AvgIpc) is 3.21. The molecule has 3 amide bonds. The van der Waals surface area contributed by atoms with E-state index in [1.165, 1.54) is 0 Å². The lowest BCUT2D eigenvalue weighted by atomic mass is 10.0. The van der Waals surface area contributed by atoms with Crippen molar-refractivity contribution in [2.75, 3.05) is 11.9 Å². The summed E-state index contributed by atoms with van der Waals surface area (Å²) < 4.78 is 0. The number of carbonyl (C=O) groups is 3. The molecule has 7 heteroatoms. The van der Waals surface area contributed by atoms with E-state index in [1.54, 1.807) is 24.3 Å². The van der Waals surface area contributed by atoms with Crippen LogP contribution in [-0.4, -0.2) is 41.2 Å². The first-order chi connectivity index (χ1) is 14.8. The zero-order chi connectivity index (χ0) is 22.4. The van der Waals surface area contributed by atoms with Gasteiger partial charge in [-0.15, -0.1) is 0 Å². The van der Waals surface area contributed by atoms with Gasteiger partial charge in [0.15, 0.2) is 0 Å². The normalized spacial score (nSPS) is 17.3. The summed E-state index contributed by atoms with van der Waals surface area (Å²) in [5, 5.41) is 5.75. The van der Waals surface area contributed by atoms with Gasteiger partial charge in [0.05, 0.1) is 6.04 Å². The van der Waals surface area contributed by atoms with Gasteiger partial charge in [-0.25, -0.2) is 0 Å². The van der Waals surface area contributed by atoms with E-state index in [4.69, 9.17) is 5.73 Å². The van der Waals surface area contributed by atoms with Crippen molar-refractivity contribution in [2.45, 2.75) is 45.3 Å². The summed E-state index contributed by atoms with van der Waals surface area (Å²) in [4.78, 5) is 39.1. The lowest BCUT2D eigenvalue weighted by Gasteiger charge is -2.23. The number of nitrogens with zero attached hydrogens (tertiary/aromatic N) is 1. The molecule has 1 fully saturated rings. The van der Waals surface area contributed by atoms with Crippen LogP contribution in [-0.2, 0) is 16.1 Å². The molecule has 0 aliphatic carbocycles. The number of anilines is 1. The number of nitrogens with two attached hydrogens (primary N) is 1. The van der Waals surface area contributed by atoms with E-state index in [1.807, 2.05) is 44.2 Å². The number of nitrogens with one attached hydrogen (secondary N) is 2. The summed E-state index contributed by atoms with van der Waals surface area (Å²) in [5.41, 5.74) is 7.66. The van der Waals surface area contributed by atoms with Gasteiger partial charge >= 0.3 is 0 Å². The van der Waals surface area contributed by atoms with E-state index < -0.39 is 6.04 Å². The Kier molecular flexibility index (Phi) is 7.41. The van der Waals surface area contributed by atoms with E-state index in [9.17, 15) is 14.4 Å². The minimum absolute atomic E-state index is 0.0863. The van der Waals surface area contributed by atoms with Gasteiger partial charge in [0, 0.05) is 17.8 Å². The molecule has 4 N–H and O–H groups in total. The predicted molar refractivity (Wildman–Crippen MR) is 120 cm³/mol. The maximum Gasteiger partial charge on any atom is 0.251 e. The molecule has 3 rings (SSSR count). The van der Waals surface area contributed by atoms with Gasteiger partial charge < -0.3 is 16.4 Å². The topological polar surface area (TPSA) is 105 Å². The van der Waals surface area contributed by atoms with Crippen LogP contribution >= 0.6 is 0 Å². The van der Waals surface area contributed by atoms with Crippen LogP contribution in [0.15, 0.2) is 54.6 Å². The van der Waals surface area contributed by atoms with Crippen molar-refractivity contribution in [2.24, 2.45) is 11.7 Å². The van der Waals surface area contributed by atoms with Crippen LogP contribution < -0.4 is 16.4 Å². The van der Waals surface area contributed by atoms with E-state index >= 15 is 0 Å². The molecular formula is C24H30N4O3. The summed E-state index contributed by atoms with van der Waals surface area (Å²) in [6.07, 6.45) is 1.73. The smallest absolute Gasteiger partial charge is 0.251 e. The number of carbonyl (C=O) groups excluding carboxylic acids is 3. The lowest BCUT2D eigenvalue weighted by molar-refractivity contribution is -0.122. The largest absolute Gasteiger partial charge is 0.368 e. The maximum absolute atomic E-state index is 12.9. The molecule has 0 saturated carbocycles. The highest BCUT2D eigenvalue weighted by atomic mass is 16.2. The van der Waals surface area contributed by atoms with Crippen molar-refractivity contribution in [3.05, 3.63) is 65.7 Å². The molecule has 0 radical (unpaired) electrons. The number of likely N-dealkylation sites (tertiary alicyclic amines) is 1. The number of benzene rings is 2. The highest BCUT2D eigenvalue weighted by molar-refractivity contribution is 6.01. The van der Waals surface area contributed by atoms with Crippen molar-refractivity contribution in [3.63, 3.8) is 0 Å². The number of rotatable bonds is 8. The average molecular weight is 423 g/mol. The molecule has 0 aromatic heterocycles. The number of primary amides is 1. The molecule has 1 aliphatic rings. The van der Waals surface area contributed by atoms with Gasteiger partial charge in [0.1, 0.15) is 6.04 Å². The predicted octanol–water partition coefficient (Wildman–Crippen LogP) is 2.53. The molecule has 0 spiro atoms. The minimum atomic E-state index is -0.672. The first-order valence-corrected chi connectivity index (χ1v) is 10.6. The molecule has 1 heterocycles. The quantitative estimate of drug-likeness (QED) is 0.608. The van der Waals surface area contributed by atoms with E-state index in [-0.39, 0.29) is 29.7 Å². The molecule has 1 saturated heterocycles. The second-order valence-corrected chi connectivity index (χ2v) is 8.28. The van der Waals surface area contributed by atoms with Crippen LogP contribution in [0.1, 0.15) is 42.6 Å². The van der Waals surface area contributed by atoms with Crippen LogP contribution in [0.3, 0.4) is 0 Å². The van der Waals surface area contributed by atoms with Gasteiger partial charge in [-0.3, -0.25) is 19.3 Å². The molecule has 1 aliphatic heterocycles. The van der Waals surface area contributed by atoms with Crippen LogP contribution in [0.5, 0.6) is 0 Å². The number of amides is 3. The van der Waals surface area contributed by atoms with Gasteiger partial charge in [0.25, 0.3) is 5.91 Å². The molecule has 0 bridgehead atoms. The zero-order valence-corrected chi connectivity index (χ0v) is 18.0. The molecule has 2 aromatic rings. The highest BCUT2D eigenvalue weighted by Crippen LogP contribution is 2.21. The lowest BCUT2D eigenvalue weighted by Crippen LogP contribution is -2.47. The Bertz CT molecular complexity index is 929. The van der Waals surface area contributed by atoms with Crippen molar-refractivity contribution >= 4 is 23.4 Å². The Balaban J connectivity index is 1.66. The third-order valence-corrected chi connectivity index (χ3v) is 5.54. The monoisotopic (exact) mass is 422 g/mol. The van der Waals surface area contributed by atoms with E-state index in [0.29, 0.717) is 17.8 Å². The van der Waals surface area contributed by atoms with Gasteiger partial charge in [0.2, 0.25) is 11.8 Å². The molecule has 164 valence electrons. The molecular weight excluding hydrogens is 392 g/mol. The second kappa shape index (κ2) is 10.2. The number of hydrogen-bond acceptors (Lipinski definition) is 4. The zero-order valence-electron chi connectivity index (χ0n) is 18.0. The second-order valence-electron chi connectivity index (χ2n) is 8.28. The van der Waals surface area contributed by atoms with Crippen LogP contribution in [0.25, 0.3) is 0 Å². The van der Waals surface area contributed by atoms with Gasteiger partial charge in [-0.1, -0.05) is 44.2 Å². The fraction of sp³-hybridized carbons (Fsp3) is 0.375. The Morgan fingerprint density at radius 1 is 1.10 bits per heavy atom. The first-order valence-electron chi connectivity index (χ1n) is 10.6. The van der Waals surface area contributed by atoms with E-state index in [2.05, 4.69) is 15.5 Å². The fourth-order valence-electron chi connectivity index (χ4n) is 3.89. The standard InChI is InChI=1S/C24H30N4O3/c1-16(2)21(27-23(30)18-9-4-3-5-10-18)24(31)26-19-11-6-8-17(14-19)15-28-13-7-12-20(28)22(25)29/h3-6,8-11,14,16,20-21H,7,12-13,15H2,1-2H3,(H2,25,29)(H,26,31)(H,27,30). The van der Waals surface area contributed by atoms with Crippen LogP contribution in [0.4, 0.5) is 5.69 Å². The van der Waals surface area contributed by atoms with Gasteiger partial charge in [-0.05, 0) is 55.1 Å². The Morgan fingerprint density at radius 2 is 1.84 bits per heavy atom. The Morgan fingerprint density at radius 3 is 2.52 bits per heavy atom. The van der Waals surface area contributed by atoms with Crippen molar-refractivity contribution in [1.29, 1.82) is 0 Å². The van der Waals surface area contributed by atoms with E-state index in [0.717, 1.165) is 24.9 Å². The third kappa shape index (κ3) is 5.92. The van der Waals surface area contributed by atoms with Crippen molar-refractivity contribution in [1.82, 2.24) is 10.2 Å². The molecule has 31 heavy (non-hydrogen) atoms. The van der Waals surface area contributed by atoms with Gasteiger partial charge in [-0.2, -0.15) is 0 Å². The van der Waals surface area contributed by atoms with Crippen LogP contribution in [0.2, 0.25) is 0 Å². The summed E-state index contributed by atoms with van der Waals surface area (Å²) >= 11 is 0. The summed E-state index contributed by atoms with van der Waals surface area (Å²) in [6, 6.07) is 15.5. The third-order valence-electron chi connectivity index (χ3n) is 5.54. The van der Waals surface area contributed by atoms with Crippen LogP contribution in [0, 0.1) is 5.92 Å². The molecule has 7 nitrogen and oxygen atoms in total. The molecule has 2 aromatic carbocycles. The maximum atomic E-state index is 12.9. The fourth-order valence-corrected chi connectivity index (χ4v) is 3.89. The first kappa shape index (κ1) is 22.5. The minimum Gasteiger partial charge on any atom is -0.368 e. The molecule has 2 atom stereocenters. The van der Waals surface area contributed by atoms with Crippen molar-refractivity contribution < 1.29 is 14.4 Å². The highest BCUT2D eigenvalue weighted by Gasteiger charge is 2.29. The molecule has 2 unspecified atom stereocenters. The Hall–Kier alpha value is -3.19. The summed E-state index contributed by atoms with van der Waals surface area (Å²) in [7, 11) is 0. The Labute approximate surface area is 183 Å². The van der Waals surface area contributed by atoms with Crippen molar-refractivity contribution in [3.8, 4) is 0 Å². The number of hydrogen-bond donors (Lipinski definition) is 3. The summed E-state index contributed by atoms with van der Waals surface area (Å²) in [6.45, 7) is 5.20. The SMILES string of the molecule is CC(C)C(NC(=O)c1ccccc1)C(=O)Nc1cccc(CN2CCCC2C(N)=O)c1. The summed E-state index contributed by atoms with van der Waals surface area (Å²) in [5.74, 6) is -0.935.